The maximum absolute atomic E-state index is 13.6. The summed E-state index contributed by atoms with van der Waals surface area (Å²) < 4.78 is 40.5. The Kier molecular flexibility index (Phi) is 13.0. The fourth-order valence-corrected chi connectivity index (χ4v) is 5.18. The van der Waals surface area contributed by atoms with E-state index in [1.807, 2.05) is 0 Å². The molecule has 1 aliphatic heterocycles. The predicted molar refractivity (Wildman–Crippen MR) is 180 cm³/mol. The van der Waals surface area contributed by atoms with Gasteiger partial charge in [0, 0.05) is 6.42 Å². The summed E-state index contributed by atoms with van der Waals surface area (Å²) in [6, 6.07) is 32.4. The Bertz CT molecular complexity index is 1750. The molecule has 264 valence electrons. The maximum Gasteiger partial charge on any atom is 0.338 e. The third-order valence-corrected chi connectivity index (χ3v) is 7.77. The first-order valence-corrected chi connectivity index (χ1v) is 16.2. The molecule has 1 heterocycles. The summed E-state index contributed by atoms with van der Waals surface area (Å²) >= 11 is 0. The molecular weight excluding hydrogens is 660 g/mol. The molecule has 1 aliphatic rings. The van der Waals surface area contributed by atoms with Gasteiger partial charge in [-0.15, -0.1) is 0 Å². The Morgan fingerprint density at radius 1 is 0.549 bits per heavy atom. The number of carbonyl (C=O) groups excluding carboxylic acids is 5. The van der Waals surface area contributed by atoms with Crippen LogP contribution in [-0.2, 0) is 38.0 Å². The van der Waals surface area contributed by atoms with Crippen LogP contribution in [0.5, 0.6) is 0 Å². The quantitative estimate of drug-likeness (QED) is 0.0967. The zero-order chi connectivity index (χ0) is 36.0. The lowest BCUT2D eigenvalue weighted by Crippen LogP contribution is -2.63. The van der Waals surface area contributed by atoms with Crippen LogP contribution >= 0.6 is 0 Å². The number of methoxy groups -OCH3 is 1. The summed E-state index contributed by atoms with van der Waals surface area (Å²) in [4.78, 5) is 65.5. The van der Waals surface area contributed by atoms with Crippen molar-refractivity contribution in [2.75, 3.05) is 20.3 Å². The molecule has 0 spiro atoms. The molecule has 0 N–H and O–H groups in total. The average molecular weight is 697 g/mol. The van der Waals surface area contributed by atoms with Crippen molar-refractivity contribution in [3.63, 3.8) is 0 Å². The molecule has 5 rings (SSSR count). The maximum atomic E-state index is 13.6. The minimum Gasteiger partial charge on any atom is -0.469 e. The van der Waals surface area contributed by atoms with Gasteiger partial charge in [0.15, 0.2) is 24.6 Å². The highest BCUT2D eigenvalue weighted by atomic mass is 16.7. The lowest BCUT2D eigenvalue weighted by molar-refractivity contribution is -0.298. The second-order valence-electron chi connectivity index (χ2n) is 11.3. The first-order valence-electron chi connectivity index (χ1n) is 16.2. The zero-order valence-corrected chi connectivity index (χ0v) is 27.7. The lowest BCUT2D eigenvalue weighted by Gasteiger charge is -2.44. The van der Waals surface area contributed by atoms with Gasteiger partial charge >= 0.3 is 29.8 Å². The van der Waals surface area contributed by atoms with Crippen molar-refractivity contribution < 1.29 is 57.1 Å². The molecule has 0 bridgehead atoms. The minimum absolute atomic E-state index is 0.0134. The highest BCUT2D eigenvalue weighted by Gasteiger charge is 2.53. The number of rotatable bonds is 14. The molecule has 3 unspecified atom stereocenters. The highest BCUT2D eigenvalue weighted by Crippen LogP contribution is 2.32. The minimum atomic E-state index is -1.54. The van der Waals surface area contributed by atoms with Gasteiger partial charge in [0.1, 0.15) is 12.7 Å². The first-order chi connectivity index (χ1) is 24.8. The number of hydrogen-bond acceptors (Lipinski definition) is 12. The van der Waals surface area contributed by atoms with E-state index in [4.69, 9.17) is 33.2 Å². The van der Waals surface area contributed by atoms with Gasteiger partial charge in [0.2, 0.25) is 0 Å². The molecule has 12 heteroatoms. The highest BCUT2D eigenvalue weighted by molar-refractivity contribution is 5.91. The van der Waals surface area contributed by atoms with E-state index in [9.17, 15) is 24.0 Å². The van der Waals surface area contributed by atoms with E-state index in [1.54, 1.807) is 84.9 Å². The fourth-order valence-electron chi connectivity index (χ4n) is 5.18. The van der Waals surface area contributed by atoms with E-state index in [0.717, 1.165) is 0 Å². The molecule has 12 nitrogen and oxygen atoms in total. The monoisotopic (exact) mass is 696 g/mol. The standard InChI is InChI=1S/C39H36O12/c1-45-31(40)23-14-24-46-39-34(51-38(44)29-21-12-5-13-22-29)33(50-37(43)28-19-10-4-11-20-28)32(49-36(42)27-17-8-3-9-18-27)30(48-39)25-47-35(41)26-15-6-2-7-16-26/h2-13,15-22,30,32-34,39H,14,23-25H2,1H3/t30?,32-,33?,34?,39-/m1/s1. The van der Waals surface area contributed by atoms with Crippen LogP contribution in [0.1, 0.15) is 54.3 Å². The SMILES string of the molecule is COC(=O)CCCO[C@@H]1OC(COC(=O)c2ccccc2)[C@@H](OC(=O)c2ccccc2)C(OC(=O)c2ccccc2)C1OC(=O)c1ccccc1. The summed E-state index contributed by atoms with van der Waals surface area (Å²) in [6.45, 7) is -0.565. The molecule has 0 aliphatic carbocycles. The zero-order valence-electron chi connectivity index (χ0n) is 27.7. The van der Waals surface area contributed by atoms with Crippen LogP contribution in [0.25, 0.3) is 0 Å². The molecule has 0 radical (unpaired) electrons. The molecule has 4 aromatic rings. The third-order valence-electron chi connectivity index (χ3n) is 7.77. The molecule has 1 fully saturated rings. The normalized spacial score (nSPS) is 19.6. The van der Waals surface area contributed by atoms with E-state index in [0.29, 0.717) is 0 Å². The molecule has 1 saturated heterocycles. The van der Waals surface area contributed by atoms with Crippen LogP contribution in [0.4, 0.5) is 0 Å². The van der Waals surface area contributed by atoms with Crippen LogP contribution in [0, 0.1) is 0 Å². The van der Waals surface area contributed by atoms with Crippen LogP contribution in [0.3, 0.4) is 0 Å². The largest absolute Gasteiger partial charge is 0.469 e. The molecule has 0 saturated carbocycles. The van der Waals surface area contributed by atoms with Crippen molar-refractivity contribution in [2.24, 2.45) is 0 Å². The third kappa shape index (κ3) is 10.1. The van der Waals surface area contributed by atoms with E-state index < -0.39 is 67.2 Å². The van der Waals surface area contributed by atoms with Crippen molar-refractivity contribution >= 4 is 29.8 Å². The van der Waals surface area contributed by atoms with Gasteiger partial charge in [-0.2, -0.15) is 0 Å². The van der Waals surface area contributed by atoms with Gasteiger partial charge < -0.3 is 33.2 Å². The van der Waals surface area contributed by atoms with Crippen LogP contribution in [0.2, 0.25) is 0 Å². The summed E-state index contributed by atoms with van der Waals surface area (Å²) in [7, 11) is 1.26. The van der Waals surface area contributed by atoms with Crippen molar-refractivity contribution in [2.45, 2.75) is 43.5 Å². The van der Waals surface area contributed by atoms with E-state index in [2.05, 4.69) is 0 Å². The van der Waals surface area contributed by atoms with E-state index >= 15 is 0 Å². The Labute approximate surface area is 294 Å². The number of carbonyl (C=O) groups is 5. The van der Waals surface area contributed by atoms with Crippen molar-refractivity contribution in [3.05, 3.63) is 144 Å². The molecule has 51 heavy (non-hydrogen) atoms. The second-order valence-corrected chi connectivity index (χ2v) is 11.3. The Hall–Kier alpha value is -5.85. The number of esters is 5. The molecule has 0 amide bonds. The van der Waals surface area contributed by atoms with Crippen molar-refractivity contribution in [3.8, 4) is 0 Å². The molecule has 4 aromatic carbocycles. The molecule has 0 aromatic heterocycles. The Morgan fingerprint density at radius 2 is 0.961 bits per heavy atom. The topological polar surface area (TPSA) is 150 Å². The van der Waals surface area contributed by atoms with Gasteiger partial charge in [0.05, 0.1) is 36.0 Å². The van der Waals surface area contributed by atoms with E-state index in [1.165, 1.54) is 43.5 Å². The summed E-state index contributed by atoms with van der Waals surface area (Å²) in [5, 5.41) is 0. The lowest BCUT2D eigenvalue weighted by atomic mass is 9.97. The van der Waals surface area contributed by atoms with Crippen molar-refractivity contribution in [1.29, 1.82) is 0 Å². The Balaban J connectivity index is 1.53. The summed E-state index contributed by atoms with van der Waals surface area (Å²) in [5.74, 6) is -3.61. The molecular formula is C39H36O12. The number of benzene rings is 4. The van der Waals surface area contributed by atoms with Gasteiger partial charge in [-0.25, -0.2) is 19.2 Å². The van der Waals surface area contributed by atoms with E-state index in [-0.39, 0.29) is 41.7 Å². The van der Waals surface area contributed by atoms with Gasteiger partial charge in [0.25, 0.3) is 0 Å². The van der Waals surface area contributed by atoms with Crippen LogP contribution in [-0.4, -0.2) is 80.9 Å². The molecule has 5 atom stereocenters. The second kappa shape index (κ2) is 18.2. The fraction of sp³-hybridized carbons (Fsp3) is 0.256. The van der Waals surface area contributed by atoms with Gasteiger partial charge in [-0.3, -0.25) is 4.79 Å². The van der Waals surface area contributed by atoms with Crippen LogP contribution < -0.4 is 0 Å². The predicted octanol–water partition coefficient (Wildman–Crippen LogP) is 5.21. The first kappa shape index (κ1) is 36.4. The number of ether oxygens (including phenoxy) is 7. The average Bonchev–Trinajstić information content (AvgIpc) is 3.18. The van der Waals surface area contributed by atoms with Gasteiger partial charge in [-0.05, 0) is 55.0 Å². The summed E-state index contributed by atoms with van der Waals surface area (Å²) in [6.07, 6.45) is -7.08. The van der Waals surface area contributed by atoms with Crippen molar-refractivity contribution in [1.82, 2.24) is 0 Å². The van der Waals surface area contributed by atoms with Crippen LogP contribution in [0.15, 0.2) is 121 Å². The van der Waals surface area contributed by atoms with Gasteiger partial charge in [-0.1, -0.05) is 72.8 Å². The smallest absolute Gasteiger partial charge is 0.338 e. The number of hydrogen-bond donors (Lipinski definition) is 0. The Morgan fingerprint density at radius 3 is 1.41 bits per heavy atom. The summed E-state index contributed by atoms with van der Waals surface area (Å²) in [5.41, 5.74) is 0.757.